The van der Waals surface area contributed by atoms with Crippen LogP contribution in [0.3, 0.4) is 0 Å². The Morgan fingerprint density at radius 3 is 2.18 bits per heavy atom. The summed E-state index contributed by atoms with van der Waals surface area (Å²) in [4.78, 5) is 41.4. The lowest BCUT2D eigenvalue weighted by atomic mass is 9.82. The summed E-state index contributed by atoms with van der Waals surface area (Å²) in [7, 11) is 0. The summed E-state index contributed by atoms with van der Waals surface area (Å²) in [5.74, 6) is -1.23. The van der Waals surface area contributed by atoms with Gasteiger partial charge in [0.1, 0.15) is 0 Å². The van der Waals surface area contributed by atoms with E-state index in [1.165, 1.54) is 18.2 Å². The van der Waals surface area contributed by atoms with Crippen molar-refractivity contribution in [1.82, 2.24) is 0 Å². The Morgan fingerprint density at radius 1 is 0.821 bits per heavy atom. The molecule has 0 aliphatic heterocycles. The molecule has 0 bridgehead atoms. The highest BCUT2D eigenvalue weighted by Gasteiger charge is 2.33. The first kappa shape index (κ1) is 17.2. The third-order valence-corrected chi connectivity index (χ3v) is 4.49. The number of carbonyl (C=O) groups excluding carboxylic acids is 3. The zero-order valence-corrected chi connectivity index (χ0v) is 14.4. The summed E-state index contributed by atoms with van der Waals surface area (Å²) in [6.07, 6.45) is 0. The molecule has 1 aliphatic carbocycles. The number of benzene rings is 3. The second kappa shape index (κ2) is 6.83. The van der Waals surface area contributed by atoms with Crippen LogP contribution < -0.4 is 5.32 Å². The number of carbonyl (C=O) groups is 3. The molecule has 0 radical (unpaired) electrons. The summed E-state index contributed by atoms with van der Waals surface area (Å²) < 4.78 is 0. The molecule has 0 fully saturated rings. The van der Waals surface area contributed by atoms with Gasteiger partial charge in [-0.3, -0.25) is 14.4 Å². The van der Waals surface area contributed by atoms with Gasteiger partial charge in [0.25, 0.3) is 5.91 Å². The van der Waals surface area contributed by atoms with Crippen molar-refractivity contribution in [3.63, 3.8) is 0 Å². The fraction of sp³-hybridized carbons (Fsp3) is 0. The molecule has 7 nitrogen and oxygen atoms in total. The first-order valence-corrected chi connectivity index (χ1v) is 8.38. The predicted molar refractivity (Wildman–Crippen MR) is 103 cm³/mol. The molecule has 0 saturated heterocycles. The molecule has 0 heterocycles. The summed E-state index contributed by atoms with van der Waals surface area (Å²) >= 11 is 0. The summed E-state index contributed by atoms with van der Waals surface area (Å²) in [5, 5.41) is 6.24. The van der Waals surface area contributed by atoms with E-state index in [-0.39, 0.29) is 39.5 Å². The number of nitrogens with zero attached hydrogens (tertiary/aromatic N) is 3. The fourth-order valence-electron chi connectivity index (χ4n) is 3.24. The van der Waals surface area contributed by atoms with Crippen molar-refractivity contribution in [2.75, 3.05) is 5.32 Å². The van der Waals surface area contributed by atoms with Crippen LogP contribution in [-0.4, -0.2) is 17.5 Å². The highest BCUT2D eigenvalue weighted by atomic mass is 16.2. The highest BCUT2D eigenvalue weighted by molar-refractivity contribution is 6.32. The summed E-state index contributed by atoms with van der Waals surface area (Å²) in [5.41, 5.74) is 10.0. The molecule has 4 rings (SSSR count). The van der Waals surface area contributed by atoms with Gasteiger partial charge in [0.15, 0.2) is 11.6 Å². The average Bonchev–Trinajstić information content (AvgIpc) is 2.72. The number of amides is 1. The molecule has 1 N–H and O–H groups in total. The molecule has 3 aromatic carbocycles. The quantitative estimate of drug-likeness (QED) is 0.322. The van der Waals surface area contributed by atoms with Gasteiger partial charge in [0, 0.05) is 32.9 Å². The van der Waals surface area contributed by atoms with E-state index >= 15 is 0 Å². The number of hydrogen-bond donors (Lipinski definition) is 1. The number of azide groups is 1. The van der Waals surface area contributed by atoms with Crippen LogP contribution in [0.2, 0.25) is 0 Å². The van der Waals surface area contributed by atoms with Gasteiger partial charge in [-0.1, -0.05) is 53.6 Å². The monoisotopic (exact) mass is 368 g/mol. The molecule has 134 valence electrons. The van der Waals surface area contributed by atoms with Crippen LogP contribution in [0.4, 0.5) is 11.4 Å². The highest BCUT2D eigenvalue weighted by Crippen LogP contribution is 2.36. The SMILES string of the molecule is [N-]=[N+]=Nc1cccc2c1C(=O)c1cccc(NC(=O)c3ccccc3)c1C2=O. The minimum absolute atomic E-state index is 0.0735. The smallest absolute Gasteiger partial charge is 0.255 e. The van der Waals surface area contributed by atoms with Crippen molar-refractivity contribution < 1.29 is 14.4 Å². The zero-order chi connectivity index (χ0) is 19.7. The molecule has 1 amide bonds. The van der Waals surface area contributed by atoms with Gasteiger partial charge in [-0.15, -0.1) is 0 Å². The standard InChI is InChI=1S/C21H12N4O3/c22-25-24-16-11-5-9-14-18(16)20(27)13-8-4-10-15(17(13)19(14)26)23-21(28)12-6-2-1-3-7-12/h1-11H,(H,23,28). The fourth-order valence-corrected chi connectivity index (χ4v) is 3.24. The van der Waals surface area contributed by atoms with Crippen LogP contribution in [-0.2, 0) is 0 Å². The number of ketones is 2. The summed E-state index contributed by atoms with van der Waals surface area (Å²) in [6, 6.07) is 17.8. The second-order valence-electron chi connectivity index (χ2n) is 6.10. The van der Waals surface area contributed by atoms with E-state index in [1.54, 1.807) is 48.5 Å². The molecule has 0 aromatic heterocycles. The Bertz CT molecular complexity index is 1200. The van der Waals surface area contributed by atoms with Crippen LogP contribution in [0.1, 0.15) is 42.2 Å². The van der Waals surface area contributed by atoms with Crippen molar-refractivity contribution in [3.05, 3.63) is 105 Å². The molecule has 1 aliphatic rings. The van der Waals surface area contributed by atoms with Gasteiger partial charge in [0.05, 0.1) is 11.3 Å². The van der Waals surface area contributed by atoms with Crippen LogP contribution in [0, 0.1) is 0 Å². The number of anilines is 1. The second-order valence-corrected chi connectivity index (χ2v) is 6.10. The van der Waals surface area contributed by atoms with Gasteiger partial charge >= 0.3 is 0 Å². The molecule has 3 aromatic rings. The number of rotatable bonds is 3. The van der Waals surface area contributed by atoms with Gasteiger partial charge in [0.2, 0.25) is 0 Å². The molecule has 7 heteroatoms. The molecule has 28 heavy (non-hydrogen) atoms. The lowest BCUT2D eigenvalue weighted by Gasteiger charge is -2.21. The molecule has 0 unspecified atom stereocenters. The third-order valence-electron chi connectivity index (χ3n) is 4.49. The minimum Gasteiger partial charge on any atom is -0.321 e. The van der Waals surface area contributed by atoms with Gasteiger partial charge in [-0.05, 0) is 23.7 Å². The van der Waals surface area contributed by atoms with Crippen molar-refractivity contribution in [1.29, 1.82) is 0 Å². The predicted octanol–water partition coefficient (Wildman–Crippen LogP) is 4.66. The number of hydrogen-bond acceptors (Lipinski definition) is 4. The van der Waals surface area contributed by atoms with Crippen LogP contribution in [0.15, 0.2) is 71.8 Å². The topological polar surface area (TPSA) is 112 Å². The van der Waals surface area contributed by atoms with Gasteiger partial charge < -0.3 is 5.32 Å². The van der Waals surface area contributed by atoms with E-state index in [9.17, 15) is 14.4 Å². The number of fused-ring (bicyclic) bond motifs is 2. The lowest BCUT2D eigenvalue weighted by Crippen LogP contribution is -2.24. The Morgan fingerprint density at radius 2 is 1.46 bits per heavy atom. The van der Waals surface area contributed by atoms with Gasteiger partial charge in [-0.25, -0.2) is 0 Å². The zero-order valence-electron chi connectivity index (χ0n) is 14.4. The van der Waals surface area contributed by atoms with Crippen molar-refractivity contribution in [3.8, 4) is 0 Å². The molecular weight excluding hydrogens is 356 g/mol. The van der Waals surface area contributed by atoms with Crippen molar-refractivity contribution >= 4 is 28.8 Å². The van der Waals surface area contributed by atoms with Crippen molar-refractivity contribution in [2.24, 2.45) is 5.11 Å². The molecule has 0 atom stereocenters. The Kier molecular flexibility index (Phi) is 4.20. The Labute approximate surface area is 159 Å². The van der Waals surface area contributed by atoms with E-state index in [0.717, 1.165) is 0 Å². The Hall–Kier alpha value is -4.22. The van der Waals surface area contributed by atoms with Crippen LogP contribution in [0.5, 0.6) is 0 Å². The molecule has 0 spiro atoms. The number of nitrogens with one attached hydrogen (secondary N) is 1. The Balaban J connectivity index is 1.82. The molecule has 0 saturated carbocycles. The van der Waals surface area contributed by atoms with E-state index in [1.807, 2.05) is 0 Å². The third kappa shape index (κ3) is 2.72. The normalized spacial score (nSPS) is 11.9. The van der Waals surface area contributed by atoms with E-state index < -0.39 is 11.6 Å². The first-order chi connectivity index (χ1) is 13.6. The van der Waals surface area contributed by atoms with E-state index in [2.05, 4.69) is 15.3 Å². The lowest BCUT2D eigenvalue weighted by molar-refractivity contribution is 0.0979. The summed E-state index contributed by atoms with van der Waals surface area (Å²) in [6.45, 7) is 0. The largest absolute Gasteiger partial charge is 0.321 e. The van der Waals surface area contributed by atoms with Gasteiger partial charge in [-0.2, -0.15) is 0 Å². The maximum Gasteiger partial charge on any atom is 0.255 e. The maximum absolute atomic E-state index is 13.1. The van der Waals surface area contributed by atoms with Crippen LogP contribution in [0.25, 0.3) is 10.4 Å². The average molecular weight is 368 g/mol. The van der Waals surface area contributed by atoms with Crippen LogP contribution >= 0.6 is 0 Å². The first-order valence-electron chi connectivity index (χ1n) is 8.38. The molecular formula is C21H12N4O3. The van der Waals surface area contributed by atoms with E-state index in [4.69, 9.17) is 5.53 Å². The minimum atomic E-state index is -0.427. The van der Waals surface area contributed by atoms with Crippen molar-refractivity contribution in [2.45, 2.75) is 0 Å². The maximum atomic E-state index is 13.1. The van der Waals surface area contributed by atoms with E-state index in [0.29, 0.717) is 5.56 Å².